The SMILES string of the molecule is CCNc1c(C(C)C)c(C)nc2ccc(CC)cc12. The largest absolute Gasteiger partial charge is 0.384 e. The van der Waals surface area contributed by atoms with Crippen molar-refractivity contribution in [1.29, 1.82) is 0 Å². The summed E-state index contributed by atoms with van der Waals surface area (Å²) in [5, 5.41) is 4.81. The number of hydrogen-bond donors (Lipinski definition) is 1. The molecule has 0 fully saturated rings. The number of rotatable bonds is 4. The van der Waals surface area contributed by atoms with E-state index in [1.54, 1.807) is 0 Å². The third-order valence-corrected chi connectivity index (χ3v) is 3.62. The monoisotopic (exact) mass is 256 g/mol. The van der Waals surface area contributed by atoms with Crippen LogP contribution >= 0.6 is 0 Å². The lowest BCUT2D eigenvalue weighted by molar-refractivity contribution is 0.848. The zero-order valence-electron chi connectivity index (χ0n) is 12.7. The van der Waals surface area contributed by atoms with Gasteiger partial charge in [-0.15, -0.1) is 0 Å². The minimum Gasteiger partial charge on any atom is -0.384 e. The number of pyridine rings is 1. The maximum absolute atomic E-state index is 4.78. The highest BCUT2D eigenvalue weighted by Crippen LogP contribution is 2.34. The number of benzene rings is 1. The highest BCUT2D eigenvalue weighted by atomic mass is 14.9. The fraction of sp³-hybridized carbons (Fsp3) is 0.471. The molecule has 2 aromatic rings. The Morgan fingerprint density at radius 1 is 1.21 bits per heavy atom. The Kier molecular flexibility index (Phi) is 4.08. The first-order valence-electron chi connectivity index (χ1n) is 7.25. The van der Waals surface area contributed by atoms with Crippen LogP contribution in [0, 0.1) is 6.92 Å². The third kappa shape index (κ3) is 2.58. The molecule has 1 N–H and O–H groups in total. The van der Waals surface area contributed by atoms with E-state index in [1.165, 1.54) is 22.2 Å². The summed E-state index contributed by atoms with van der Waals surface area (Å²) in [7, 11) is 0. The predicted octanol–water partition coefficient (Wildman–Crippen LogP) is 4.66. The van der Waals surface area contributed by atoms with Gasteiger partial charge in [0.25, 0.3) is 0 Å². The molecule has 0 amide bonds. The quantitative estimate of drug-likeness (QED) is 0.860. The van der Waals surface area contributed by atoms with E-state index in [0.717, 1.165) is 24.2 Å². The van der Waals surface area contributed by atoms with Crippen molar-refractivity contribution in [3.8, 4) is 0 Å². The summed E-state index contributed by atoms with van der Waals surface area (Å²) in [6.07, 6.45) is 1.06. The number of aryl methyl sites for hydroxylation is 2. The zero-order chi connectivity index (χ0) is 14.0. The molecule has 0 bridgehead atoms. The summed E-state index contributed by atoms with van der Waals surface area (Å²) in [6, 6.07) is 6.61. The van der Waals surface area contributed by atoms with Crippen LogP contribution < -0.4 is 5.32 Å². The first kappa shape index (κ1) is 13.9. The normalized spacial score (nSPS) is 11.3. The van der Waals surface area contributed by atoms with Crippen molar-refractivity contribution in [2.75, 3.05) is 11.9 Å². The van der Waals surface area contributed by atoms with Gasteiger partial charge in [0.1, 0.15) is 0 Å². The van der Waals surface area contributed by atoms with Gasteiger partial charge in [0.2, 0.25) is 0 Å². The van der Waals surface area contributed by atoms with Crippen molar-refractivity contribution in [2.45, 2.75) is 47.0 Å². The van der Waals surface area contributed by atoms with Crippen LogP contribution in [0.3, 0.4) is 0 Å². The van der Waals surface area contributed by atoms with Gasteiger partial charge in [-0.3, -0.25) is 4.98 Å². The van der Waals surface area contributed by atoms with Crippen LogP contribution in [0.25, 0.3) is 10.9 Å². The summed E-state index contributed by atoms with van der Waals surface area (Å²) < 4.78 is 0. The Labute approximate surface area is 116 Å². The van der Waals surface area contributed by atoms with Crippen molar-refractivity contribution >= 4 is 16.6 Å². The van der Waals surface area contributed by atoms with Gasteiger partial charge in [-0.1, -0.05) is 26.8 Å². The molecule has 0 aliphatic heterocycles. The number of aromatic nitrogens is 1. The molecular formula is C17H24N2. The molecule has 102 valence electrons. The van der Waals surface area contributed by atoms with Crippen LogP contribution in [0.2, 0.25) is 0 Å². The van der Waals surface area contributed by atoms with E-state index in [0.29, 0.717) is 5.92 Å². The molecule has 1 aromatic heterocycles. The van der Waals surface area contributed by atoms with Crippen molar-refractivity contribution < 1.29 is 0 Å². The highest BCUT2D eigenvalue weighted by Gasteiger charge is 2.15. The Balaban J connectivity index is 2.79. The van der Waals surface area contributed by atoms with Crippen LogP contribution in [0.1, 0.15) is 50.4 Å². The molecule has 0 aliphatic carbocycles. The molecule has 2 nitrogen and oxygen atoms in total. The van der Waals surface area contributed by atoms with Crippen molar-refractivity contribution in [3.05, 3.63) is 35.0 Å². The second kappa shape index (κ2) is 5.60. The second-order valence-corrected chi connectivity index (χ2v) is 5.38. The minimum absolute atomic E-state index is 0.483. The van der Waals surface area contributed by atoms with Crippen LogP contribution in [-0.2, 0) is 6.42 Å². The molecular weight excluding hydrogens is 232 g/mol. The molecule has 19 heavy (non-hydrogen) atoms. The minimum atomic E-state index is 0.483. The van der Waals surface area contributed by atoms with E-state index in [4.69, 9.17) is 4.98 Å². The molecule has 0 spiro atoms. The van der Waals surface area contributed by atoms with Gasteiger partial charge >= 0.3 is 0 Å². The summed E-state index contributed by atoms with van der Waals surface area (Å²) in [5.74, 6) is 0.483. The van der Waals surface area contributed by atoms with Gasteiger partial charge in [-0.2, -0.15) is 0 Å². The maximum atomic E-state index is 4.78. The van der Waals surface area contributed by atoms with Gasteiger partial charge in [0, 0.05) is 23.3 Å². The zero-order valence-corrected chi connectivity index (χ0v) is 12.7. The van der Waals surface area contributed by atoms with E-state index in [-0.39, 0.29) is 0 Å². The molecule has 1 aromatic carbocycles. The van der Waals surface area contributed by atoms with Gasteiger partial charge in [0.15, 0.2) is 0 Å². The maximum Gasteiger partial charge on any atom is 0.0726 e. The van der Waals surface area contributed by atoms with E-state index in [2.05, 4.69) is 58.1 Å². The van der Waals surface area contributed by atoms with Crippen LogP contribution in [0.5, 0.6) is 0 Å². The average Bonchev–Trinajstić information content (AvgIpc) is 2.38. The predicted molar refractivity (Wildman–Crippen MR) is 84.1 cm³/mol. The van der Waals surface area contributed by atoms with Crippen LogP contribution in [-0.4, -0.2) is 11.5 Å². The van der Waals surface area contributed by atoms with Gasteiger partial charge in [-0.05, 0) is 49.4 Å². The average molecular weight is 256 g/mol. The number of nitrogens with one attached hydrogen (secondary N) is 1. The smallest absolute Gasteiger partial charge is 0.0726 e. The summed E-state index contributed by atoms with van der Waals surface area (Å²) in [6.45, 7) is 11.9. The van der Waals surface area contributed by atoms with Crippen molar-refractivity contribution in [3.63, 3.8) is 0 Å². The number of hydrogen-bond acceptors (Lipinski definition) is 2. The van der Waals surface area contributed by atoms with E-state index < -0.39 is 0 Å². The Morgan fingerprint density at radius 2 is 1.95 bits per heavy atom. The van der Waals surface area contributed by atoms with Crippen LogP contribution in [0.15, 0.2) is 18.2 Å². The topological polar surface area (TPSA) is 24.9 Å². The third-order valence-electron chi connectivity index (χ3n) is 3.62. The molecule has 0 radical (unpaired) electrons. The molecule has 1 heterocycles. The number of fused-ring (bicyclic) bond motifs is 1. The number of nitrogens with zero attached hydrogens (tertiary/aromatic N) is 1. The Morgan fingerprint density at radius 3 is 2.53 bits per heavy atom. The highest BCUT2D eigenvalue weighted by molar-refractivity contribution is 5.94. The molecule has 2 heteroatoms. The van der Waals surface area contributed by atoms with Crippen LogP contribution in [0.4, 0.5) is 5.69 Å². The molecule has 0 aliphatic rings. The standard InChI is InChI=1S/C17H24N2/c1-6-13-8-9-15-14(10-13)17(18-7-2)16(11(3)4)12(5)19-15/h8-11H,6-7H2,1-5H3,(H,18,19). The molecule has 0 atom stereocenters. The lowest BCUT2D eigenvalue weighted by atomic mass is 9.95. The summed E-state index contributed by atoms with van der Waals surface area (Å²) in [4.78, 5) is 4.78. The molecule has 0 saturated heterocycles. The first-order valence-corrected chi connectivity index (χ1v) is 7.25. The second-order valence-electron chi connectivity index (χ2n) is 5.38. The molecule has 0 unspecified atom stereocenters. The van der Waals surface area contributed by atoms with Gasteiger partial charge in [-0.25, -0.2) is 0 Å². The van der Waals surface area contributed by atoms with E-state index in [1.807, 2.05) is 0 Å². The summed E-state index contributed by atoms with van der Waals surface area (Å²) >= 11 is 0. The Bertz CT molecular complexity index is 585. The van der Waals surface area contributed by atoms with Gasteiger partial charge in [0.05, 0.1) is 5.52 Å². The first-order chi connectivity index (χ1) is 9.08. The van der Waals surface area contributed by atoms with E-state index in [9.17, 15) is 0 Å². The summed E-state index contributed by atoms with van der Waals surface area (Å²) in [5.41, 5.74) is 6.22. The van der Waals surface area contributed by atoms with Crippen molar-refractivity contribution in [1.82, 2.24) is 4.98 Å². The van der Waals surface area contributed by atoms with Gasteiger partial charge < -0.3 is 5.32 Å². The lowest BCUT2D eigenvalue weighted by Gasteiger charge is -2.19. The van der Waals surface area contributed by atoms with E-state index >= 15 is 0 Å². The molecule has 2 rings (SSSR count). The Hall–Kier alpha value is -1.57. The van der Waals surface area contributed by atoms with Crippen molar-refractivity contribution in [2.24, 2.45) is 0 Å². The lowest BCUT2D eigenvalue weighted by Crippen LogP contribution is -2.07. The number of anilines is 1. The fourth-order valence-electron chi connectivity index (χ4n) is 2.74. The fourth-order valence-corrected chi connectivity index (χ4v) is 2.74. The molecule has 0 saturated carbocycles.